The summed E-state index contributed by atoms with van der Waals surface area (Å²) in [6.07, 6.45) is 0.825. The van der Waals surface area contributed by atoms with Crippen molar-refractivity contribution in [3.8, 4) is 0 Å². The molecule has 1 heterocycles. The molecule has 6 nitrogen and oxygen atoms in total. The van der Waals surface area contributed by atoms with Crippen LogP contribution in [0.2, 0.25) is 0 Å². The largest absolute Gasteiger partial charge is 0.444 e. The second kappa shape index (κ2) is 5.88. The van der Waals surface area contributed by atoms with Gasteiger partial charge in [0.1, 0.15) is 18.2 Å². The van der Waals surface area contributed by atoms with Crippen LogP contribution in [0.25, 0.3) is 0 Å². The van der Waals surface area contributed by atoms with E-state index in [0.717, 1.165) is 6.42 Å². The number of quaternary nitrogens is 1. The molecule has 0 aromatic heterocycles. The summed E-state index contributed by atoms with van der Waals surface area (Å²) in [7, 11) is 3.42. The third-order valence-electron chi connectivity index (χ3n) is 3.35. The molecule has 2 amide bonds. The highest BCUT2D eigenvalue weighted by molar-refractivity contribution is 5.70. The number of carbonyl (C=O) groups is 2. The molecule has 0 radical (unpaired) electrons. The van der Waals surface area contributed by atoms with Crippen LogP contribution in [0.15, 0.2) is 0 Å². The van der Waals surface area contributed by atoms with Crippen LogP contribution in [0.4, 0.5) is 4.79 Å². The average molecular weight is 275 g/mol. The van der Waals surface area contributed by atoms with E-state index in [1.807, 2.05) is 7.05 Å². The van der Waals surface area contributed by atoms with Gasteiger partial charge in [-0.05, 0) is 34.6 Å². The number of ether oxygens (including phenoxy) is 1. The second-order valence-electron chi connectivity index (χ2n) is 6.35. The summed E-state index contributed by atoms with van der Waals surface area (Å²) in [5, 5.41) is 0. The molecule has 2 N–H and O–H groups in total. The minimum absolute atomic E-state index is 0.0637. The van der Waals surface area contributed by atoms with E-state index in [1.165, 1.54) is 0 Å². The molecular weight excluding hydrogens is 248 g/mol. The van der Waals surface area contributed by atoms with Crippen molar-refractivity contribution in [2.45, 2.75) is 58.6 Å². The number of rotatable bonds is 1. The SMILES string of the molecule is CC(C)(C)OC(N)=O.CO[N+]1(C)C(=O)CCC1(C)C. The highest BCUT2D eigenvalue weighted by Gasteiger charge is 2.54. The fourth-order valence-electron chi connectivity index (χ4n) is 1.83. The molecule has 112 valence electrons. The number of primary amides is 1. The van der Waals surface area contributed by atoms with E-state index in [-0.39, 0.29) is 16.1 Å². The van der Waals surface area contributed by atoms with Gasteiger partial charge in [-0.3, -0.25) is 0 Å². The van der Waals surface area contributed by atoms with Crippen LogP contribution >= 0.6 is 0 Å². The van der Waals surface area contributed by atoms with Gasteiger partial charge in [0, 0.05) is 6.42 Å². The lowest BCUT2D eigenvalue weighted by atomic mass is 10.0. The van der Waals surface area contributed by atoms with Crippen molar-refractivity contribution < 1.29 is 23.8 Å². The van der Waals surface area contributed by atoms with Crippen LogP contribution in [0.3, 0.4) is 0 Å². The van der Waals surface area contributed by atoms with E-state index in [9.17, 15) is 9.59 Å². The first-order valence-corrected chi connectivity index (χ1v) is 6.30. The molecule has 0 aromatic rings. The Morgan fingerprint density at radius 3 is 1.95 bits per heavy atom. The van der Waals surface area contributed by atoms with Gasteiger partial charge in [-0.2, -0.15) is 4.84 Å². The standard InChI is InChI=1S/C8H16NO2.C5H11NO2/c1-8(2)6-5-7(10)9(8,3)11-4;1-5(2,3)8-4(6)7/h5-6H2,1-4H3;1-3H3,(H2,6,7)/q+1;. The van der Waals surface area contributed by atoms with Gasteiger partial charge in [-0.1, -0.05) is 0 Å². The summed E-state index contributed by atoms with van der Waals surface area (Å²) in [5.74, 6) is 0.178. The summed E-state index contributed by atoms with van der Waals surface area (Å²) >= 11 is 0. The van der Waals surface area contributed by atoms with Crippen LogP contribution in [0.5, 0.6) is 0 Å². The molecule has 1 aliphatic rings. The number of likely N-dealkylation sites (tertiary alicyclic amines) is 1. The summed E-state index contributed by atoms with van der Waals surface area (Å²) in [4.78, 5) is 26.6. The average Bonchev–Trinajstić information content (AvgIpc) is 2.40. The van der Waals surface area contributed by atoms with Gasteiger partial charge >= 0.3 is 12.0 Å². The molecule has 19 heavy (non-hydrogen) atoms. The smallest absolute Gasteiger partial charge is 0.405 e. The normalized spacial score (nSPS) is 25.5. The van der Waals surface area contributed by atoms with Gasteiger partial charge in [0.05, 0.1) is 13.5 Å². The number of amides is 2. The van der Waals surface area contributed by atoms with Gasteiger partial charge in [-0.25, -0.2) is 9.59 Å². The summed E-state index contributed by atoms with van der Waals surface area (Å²) in [6.45, 7) is 9.40. The molecule has 0 spiro atoms. The highest BCUT2D eigenvalue weighted by atomic mass is 16.7. The predicted octanol–water partition coefficient (Wildman–Crippen LogP) is 1.97. The molecule has 0 bridgehead atoms. The Morgan fingerprint density at radius 2 is 1.84 bits per heavy atom. The van der Waals surface area contributed by atoms with Crippen LogP contribution in [-0.4, -0.2) is 41.9 Å². The van der Waals surface area contributed by atoms with E-state index >= 15 is 0 Å². The highest BCUT2D eigenvalue weighted by Crippen LogP contribution is 2.35. The fraction of sp³-hybridized carbons (Fsp3) is 0.846. The number of hydrogen-bond acceptors (Lipinski definition) is 4. The molecule has 1 aliphatic heterocycles. The Balaban J connectivity index is 0.000000362. The molecule has 0 aliphatic carbocycles. The van der Waals surface area contributed by atoms with Gasteiger partial charge in [0.15, 0.2) is 0 Å². The van der Waals surface area contributed by atoms with Gasteiger partial charge < -0.3 is 10.5 Å². The van der Waals surface area contributed by atoms with Crippen LogP contribution in [0.1, 0.15) is 47.5 Å². The molecule has 0 saturated carbocycles. The van der Waals surface area contributed by atoms with E-state index < -0.39 is 11.7 Å². The molecule has 1 unspecified atom stereocenters. The molecule has 1 fully saturated rings. The van der Waals surface area contributed by atoms with Crippen molar-refractivity contribution in [1.29, 1.82) is 0 Å². The number of hydroxylamine groups is 3. The minimum Gasteiger partial charge on any atom is -0.444 e. The first-order valence-electron chi connectivity index (χ1n) is 6.30. The minimum atomic E-state index is -0.725. The van der Waals surface area contributed by atoms with Gasteiger partial charge in [0.2, 0.25) is 0 Å². The van der Waals surface area contributed by atoms with E-state index in [2.05, 4.69) is 18.6 Å². The van der Waals surface area contributed by atoms with E-state index in [4.69, 9.17) is 10.6 Å². The van der Waals surface area contributed by atoms with Crippen molar-refractivity contribution in [3.05, 3.63) is 0 Å². The zero-order valence-corrected chi connectivity index (χ0v) is 13.1. The monoisotopic (exact) mass is 275 g/mol. The Hall–Kier alpha value is -1.14. The molecule has 0 aromatic carbocycles. The lowest BCUT2D eigenvalue weighted by Gasteiger charge is -2.34. The lowest BCUT2D eigenvalue weighted by Crippen LogP contribution is -2.56. The molecule has 1 rings (SSSR count). The maximum Gasteiger partial charge on any atom is 0.405 e. The maximum atomic E-state index is 11.4. The first kappa shape index (κ1) is 17.9. The Bertz CT molecular complexity index is 347. The summed E-state index contributed by atoms with van der Waals surface area (Å²) in [5.41, 5.74) is 4.20. The third kappa shape index (κ3) is 4.80. The van der Waals surface area contributed by atoms with Crippen molar-refractivity contribution in [3.63, 3.8) is 0 Å². The maximum absolute atomic E-state index is 11.4. The van der Waals surface area contributed by atoms with Crippen LogP contribution in [-0.2, 0) is 14.4 Å². The van der Waals surface area contributed by atoms with E-state index in [1.54, 1.807) is 27.9 Å². The molecule has 1 atom stereocenters. The van der Waals surface area contributed by atoms with Crippen molar-refractivity contribution in [1.82, 2.24) is 0 Å². The Labute approximate surface area is 115 Å². The van der Waals surface area contributed by atoms with Crippen LogP contribution in [0, 0.1) is 0 Å². The topological polar surface area (TPSA) is 78.6 Å². The van der Waals surface area contributed by atoms with Crippen LogP contribution < -0.4 is 5.73 Å². The quantitative estimate of drug-likeness (QED) is 0.742. The molecule has 1 saturated heterocycles. The Kier molecular flexibility index (Phi) is 5.53. The van der Waals surface area contributed by atoms with Crippen molar-refractivity contribution in [2.24, 2.45) is 5.73 Å². The molecular formula is C13H27N2O4+. The second-order valence-corrected chi connectivity index (χ2v) is 6.35. The van der Waals surface area contributed by atoms with Crippen molar-refractivity contribution in [2.75, 3.05) is 14.2 Å². The number of carbonyl (C=O) groups excluding carboxylic acids is 2. The number of nitrogens with two attached hydrogens (primary N) is 1. The van der Waals surface area contributed by atoms with E-state index in [0.29, 0.717) is 6.42 Å². The molecule has 6 heteroatoms. The third-order valence-corrected chi connectivity index (χ3v) is 3.35. The first-order chi connectivity index (χ1) is 8.35. The number of nitrogens with zero attached hydrogens (tertiary/aromatic N) is 1. The fourth-order valence-corrected chi connectivity index (χ4v) is 1.83. The summed E-state index contributed by atoms with van der Waals surface area (Å²) < 4.78 is 4.69. The summed E-state index contributed by atoms with van der Waals surface area (Å²) in [6, 6.07) is 0. The lowest BCUT2D eigenvalue weighted by molar-refractivity contribution is -1.05. The zero-order chi connectivity index (χ0) is 15.5. The number of hydrogen-bond donors (Lipinski definition) is 1. The zero-order valence-electron chi connectivity index (χ0n) is 13.1. The van der Waals surface area contributed by atoms with Gasteiger partial charge in [-0.15, -0.1) is 4.65 Å². The Morgan fingerprint density at radius 1 is 1.37 bits per heavy atom. The predicted molar refractivity (Wildman–Crippen MR) is 71.9 cm³/mol. The van der Waals surface area contributed by atoms with Crippen molar-refractivity contribution >= 4 is 12.0 Å². The van der Waals surface area contributed by atoms with Gasteiger partial charge in [0.25, 0.3) is 0 Å².